The van der Waals surface area contributed by atoms with Crippen molar-refractivity contribution in [2.24, 2.45) is 0 Å². The summed E-state index contributed by atoms with van der Waals surface area (Å²) in [6.07, 6.45) is 1.58. The molecule has 1 atom stereocenters. The Morgan fingerprint density at radius 2 is 1.94 bits per heavy atom. The van der Waals surface area contributed by atoms with Gasteiger partial charge in [0.15, 0.2) is 5.65 Å². The smallest absolute Gasteiger partial charge is 0.165 e. The first-order chi connectivity index (χ1) is 7.63. The van der Waals surface area contributed by atoms with Crippen LogP contribution in [0.5, 0.6) is 0 Å². The van der Waals surface area contributed by atoms with E-state index in [0.717, 1.165) is 28.5 Å². The molecule has 0 bridgehead atoms. The summed E-state index contributed by atoms with van der Waals surface area (Å²) < 4.78 is 7.18. The number of rotatable bonds is 3. The van der Waals surface area contributed by atoms with Crippen LogP contribution in [0.3, 0.4) is 0 Å². The summed E-state index contributed by atoms with van der Waals surface area (Å²) in [6.45, 7) is 6.17. The van der Waals surface area contributed by atoms with Gasteiger partial charge in [0.1, 0.15) is 17.2 Å². The van der Waals surface area contributed by atoms with Gasteiger partial charge in [-0.05, 0) is 20.8 Å². The molecule has 1 unspecified atom stereocenters. The van der Waals surface area contributed by atoms with Crippen molar-refractivity contribution < 1.29 is 35.9 Å². The van der Waals surface area contributed by atoms with Gasteiger partial charge in [0.2, 0.25) is 0 Å². The molecule has 0 fully saturated rings. The molecule has 0 aromatic carbocycles. The Labute approximate surface area is 126 Å². The average molecular weight is 475 g/mol. The van der Waals surface area contributed by atoms with E-state index in [-0.39, 0.29) is 31.1 Å². The van der Waals surface area contributed by atoms with E-state index in [2.05, 4.69) is 24.2 Å². The standard InChI is InChI=1S/C10H14N4OP.U/c1-6-9-10(12-7(2)11-6)14(4-15-5-16)8(3)13-9;/h5H,4,16H2,1-3H3;/q-1;. The first kappa shape index (κ1) is 15.1. The van der Waals surface area contributed by atoms with E-state index in [1.807, 2.05) is 25.3 Å². The van der Waals surface area contributed by atoms with Crippen molar-refractivity contribution in [2.45, 2.75) is 27.5 Å². The minimum absolute atomic E-state index is 0. The Hall–Kier alpha value is -0.00805. The van der Waals surface area contributed by atoms with Crippen molar-refractivity contribution >= 4 is 20.4 Å². The van der Waals surface area contributed by atoms with Crippen LogP contribution in [0.4, 0.5) is 0 Å². The summed E-state index contributed by atoms with van der Waals surface area (Å²) in [5.74, 6) is 1.63. The average Bonchev–Trinajstić information content (AvgIpc) is 2.53. The first-order valence-electron chi connectivity index (χ1n) is 4.96. The van der Waals surface area contributed by atoms with Crippen molar-refractivity contribution in [1.29, 1.82) is 0 Å². The zero-order chi connectivity index (χ0) is 11.7. The van der Waals surface area contributed by atoms with E-state index < -0.39 is 0 Å². The molecule has 0 aliphatic carbocycles. The van der Waals surface area contributed by atoms with Gasteiger partial charge >= 0.3 is 0 Å². The van der Waals surface area contributed by atoms with Crippen LogP contribution in [-0.4, -0.2) is 19.5 Å². The van der Waals surface area contributed by atoms with Gasteiger partial charge in [0.25, 0.3) is 0 Å². The van der Waals surface area contributed by atoms with Crippen LogP contribution in [0.15, 0.2) is 0 Å². The number of imidazole rings is 1. The fourth-order valence-corrected chi connectivity index (χ4v) is 1.74. The summed E-state index contributed by atoms with van der Waals surface area (Å²) in [7, 11) is 2.40. The number of ether oxygens (including phenoxy) is 1. The normalized spacial score (nSPS) is 10.6. The summed E-state index contributed by atoms with van der Waals surface area (Å²) >= 11 is 0. The SMILES string of the molecule is Cc1nc(C)c2nc(C)n(CO[CH-]P)c2n1.[U]. The van der Waals surface area contributed by atoms with Crippen molar-refractivity contribution in [3.8, 4) is 0 Å². The third kappa shape index (κ3) is 3.06. The van der Waals surface area contributed by atoms with E-state index in [1.54, 1.807) is 6.35 Å². The Morgan fingerprint density at radius 1 is 1.24 bits per heavy atom. The van der Waals surface area contributed by atoms with E-state index >= 15 is 0 Å². The Bertz CT molecular complexity index is 528. The summed E-state index contributed by atoms with van der Waals surface area (Å²) in [4.78, 5) is 13.1. The monoisotopic (exact) mass is 475 g/mol. The number of aromatic nitrogens is 4. The predicted octanol–water partition coefficient (Wildman–Crippen LogP) is 1.72. The van der Waals surface area contributed by atoms with Crippen LogP contribution in [0, 0.1) is 58.2 Å². The Morgan fingerprint density at radius 3 is 2.59 bits per heavy atom. The first-order valence-corrected chi connectivity index (χ1v) is 5.63. The molecular formula is C10H14N4OPU-. The molecule has 0 saturated heterocycles. The van der Waals surface area contributed by atoms with Crippen LogP contribution < -0.4 is 0 Å². The second-order valence-electron chi connectivity index (χ2n) is 3.55. The number of hydrogen-bond donors (Lipinski definition) is 0. The molecule has 0 amide bonds. The zero-order valence-corrected chi connectivity index (χ0v) is 15.4. The van der Waals surface area contributed by atoms with E-state index in [9.17, 15) is 0 Å². The maximum Gasteiger partial charge on any atom is 0.165 e. The minimum atomic E-state index is 0. The van der Waals surface area contributed by atoms with Crippen molar-refractivity contribution in [3.05, 3.63) is 23.7 Å². The molecule has 0 aliphatic heterocycles. The predicted molar refractivity (Wildman–Crippen MR) is 64.6 cm³/mol. The third-order valence-corrected chi connectivity index (χ3v) is 2.56. The van der Waals surface area contributed by atoms with Gasteiger partial charge in [-0.15, -0.1) is 0 Å². The van der Waals surface area contributed by atoms with Gasteiger partial charge in [-0.3, -0.25) is 13.8 Å². The molecule has 0 spiro atoms. The van der Waals surface area contributed by atoms with Crippen LogP contribution in [0.25, 0.3) is 11.2 Å². The topological polar surface area (TPSA) is 52.8 Å². The molecule has 2 rings (SSSR count). The molecule has 0 radical (unpaired) electrons. The molecule has 2 heterocycles. The van der Waals surface area contributed by atoms with Crippen LogP contribution in [0.2, 0.25) is 0 Å². The second kappa shape index (κ2) is 6.24. The molecule has 5 nitrogen and oxygen atoms in total. The van der Waals surface area contributed by atoms with Gasteiger partial charge in [-0.2, -0.15) is 6.35 Å². The Balaban J connectivity index is 0.00000144. The largest absolute Gasteiger partial charge is 0.532 e. The van der Waals surface area contributed by atoms with E-state index in [4.69, 9.17) is 4.74 Å². The molecule has 0 N–H and O–H groups in total. The fourth-order valence-electron chi connectivity index (χ4n) is 1.66. The van der Waals surface area contributed by atoms with Crippen LogP contribution in [-0.2, 0) is 11.5 Å². The summed E-state index contributed by atoms with van der Waals surface area (Å²) in [6, 6.07) is 0. The molecule has 2 aromatic heterocycles. The Kier molecular flexibility index (Phi) is 5.53. The number of aryl methyl sites for hydroxylation is 3. The third-order valence-electron chi connectivity index (χ3n) is 2.37. The quantitative estimate of drug-likeness (QED) is 0.502. The number of hydrogen-bond acceptors (Lipinski definition) is 4. The van der Waals surface area contributed by atoms with Crippen LogP contribution >= 0.6 is 9.24 Å². The molecule has 2 aromatic rings. The molecule has 7 heteroatoms. The molecule has 0 saturated carbocycles. The van der Waals surface area contributed by atoms with Gasteiger partial charge in [0, 0.05) is 31.1 Å². The zero-order valence-electron chi connectivity index (χ0n) is 10.1. The molecule has 17 heavy (non-hydrogen) atoms. The maximum absolute atomic E-state index is 5.25. The number of nitrogens with zero attached hydrogens (tertiary/aromatic N) is 4. The molecule has 90 valence electrons. The van der Waals surface area contributed by atoms with Gasteiger partial charge in [0.05, 0.1) is 12.4 Å². The summed E-state index contributed by atoms with van der Waals surface area (Å²) in [5, 5.41) is 0. The van der Waals surface area contributed by atoms with Gasteiger partial charge in [-0.1, -0.05) is 0 Å². The van der Waals surface area contributed by atoms with E-state index in [0.29, 0.717) is 6.73 Å². The summed E-state index contributed by atoms with van der Waals surface area (Å²) in [5.41, 5.74) is 2.57. The minimum Gasteiger partial charge on any atom is -0.532 e. The molecular weight excluding hydrogens is 461 g/mol. The number of fused-ring (bicyclic) bond motifs is 1. The van der Waals surface area contributed by atoms with Gasteiger partial charge in [-0.25, -0.2) is 15.0 Å². The maximum atomic E-state index is 5.25. The van der Waals surface area contributed by atoms with Crippen molar-refractivity contribution in [2.75, 3.05) is 0 Å². The van der Waals surface area contributed by atoms with Gasteiger partial charge < -0.3 is 4.74 Å². The fraction of sp³-hybridized carbons (Fsp3) is 0.400. The van der Waals surface area contributed by atoms with E-state index in [1.165, 1.54) is 0 Å². The second-order valence-corrected chi connectivity index (χ2v) is 3.82. The van der Waals surface area contributed by atoms with Crippen molar-refractivity contribution in [1.82, 2.24) is 19.5 Å². The van der Waals surface area contributed by atoms with Crippen LogP contribution in [0.1, 0.15) is 17.3 Å². The van der Waals surface area contributed by atoms with Crippen molar-refractivity contribution in [3.63, 3.8) is 0 Å². The molecule has 0 aliphatic rings.